The lowest BCUT2D eigenvalue weighted by molar-refractivity contribution is 0.963. The summed E-state index contributed by atoms with van der Waals surface area (Å²) in [6, 6.07) is 59.0. The molecule has 6 nitrogen and oxygen atoms in total. The molecular weight excluding hydrogens is 649 g/mol. The summed E-state index contributed by atoms with van der Waals surface area (Å²) in [5, 5.41) is 2.43. The van der Waals surface area contributed by atoms with Crippen LogP contribution in [-0.4, -0.2) is 26.2 Å². The standard InChI is InChI=1S/C47H32N6/c1-48-40-20-10-13-23-43(40)52-30-34-28-39-37-19-9-12-22-42(37)53(44(39)29-38(34)36-18-8-11-21-41(36)52)35-26-24-33(25-27-35)47-50-45(31-14-4-2-5-15-31)49-46(51-47)32-16-6-3-7-17-32/h2-29H,1,30H2. The van der Waals surface area contributed by atoms with Crippen molar-refractivity contribution in [2.75, 3.05) is 4.90 Å². The third kappa shape index (κ3) is 5.19. The van der Waals surface area contributed by atoms with Gasteiger partial charge in [-0.3, -0.25) is 4.99 Å². The molecule has 0 atom stereocenters. The summed E-state index contributed by atoms with van der Waals surface area (Å²) in [6.07, 6.45) is 0. The number of rotatable bonds is 6. The number of para-hydroxylation sites is 4. The Morgan fingerprint density at radius 1 is 0.472 bits per heavy atom. The summed E-state index contributed by atoms with van der Waals surface area (Å²) >= 11 is 0. The zero-order valence-corrected chi connectivity index (χ0v) is 28.8. The van der Waals surface area contributed by atoms with Crippen molar-refractivity contribution in [3.63, 3.8) is 0 Å². The molecule has 7 aromatic carbocycles. The van der Waals surface area contributed by atoms with Gasteiger partial charge in [-0.2, -0.15) is 0 Å². The molecule has 0 saturated carbocycles. The second-order valence-electron chi connectivity index (χ2n) is 13.2. The van der Waals surface area contributed by atoms with E-state index in [1.807, 2.05) is 72.8 Å². The molecule has 0 N–H and O–H groups in total. The first-order valence-electron chi connectivity index (χ1n) is 17.7. The Hall–Kier alpha value is -7.18. The van der Waals surface area contributed by atoms with Gasteiger partial charge in [0, 0.05) is 50.9 Å². The Morgan fingerprint density at radius 2 is 1.04 bits per heavy atom. The fourth-order valence-electron chi connectivity index (χ4n) is 7.65. The predicted molar refractivity (Wildman–Crippen MR) is 217 cm³/mol. The van der Waals surface area contributed by atoms with E-state index in [1.54, 1.807) is 0 Å². The van der Waals surface area contributed by atoms with Crippen molar-refractivity contribution in [1.82, 2.24) is 19.5 Å². The minimum Gasteiger partial charge on any atom is -0.335 e. The summed E-state index contributed by atoms with van der Waals surface area (Å²) < 4.78 is 2.37. The smallest absolute Gasteiger partial charge is 0.164 e. The lowest BCUT2D eigenvalue weighted by atomic mass is 9.91. The Kier molecular flexibility index (Phi) is 7.25. The van der Waals surface area contributed by atoms with Gasteiger partial charge in [0.1, 0.15) is 0 Å². The van der Waals surface area contributed by atoms with Crippen LogP contribution in [0.3, 0.4) is 0 Å². The second-order valence-corrected chi connectivity index (χ2v) is 13.2. The highest BCUT2D eigenvalue weighted by Crippen LogP contribution is 2.47. The van der Waals surface area contributed by atoms with Crippen molar-refractivity contribution in [2.24, 2.45) is 4.99 Å². The molecule has 0 radical (unpaired) electrons. The van der Waals surface area contributed by atoms with E-state index in [4.69, 9.17) is 15.0 Å². The molecule has 0 saturated heterocycles. The molecule has 10 rings (SSSR count). The van der Waals surface area contributed by atoms with E-state index in [-0.39, 0.29) is 0 Å². The Morgan fingerprint density at radius 3 is 1.72 bits per heavy atom. The van der Waals surface area contributed by atoms with Gasteiger partial charge in [0.2, 0.25) is 0 Å². The molecule has 6 heteroatoms. The Balaban J connectivity index is 1.11. The van der Waals surface area contributed by atoms with Crippen molar-refractivity contribution in [2.45, 2.75) is 6.54 Å². The minimum atomic E-state index is 0.634. The first kappa shape index (κ1) is 30.6. The first-order chi connectivity index (χ1) is 26.2. The molecule has 53 heavy (non-hydrogen) atoms. The largest absolute Gasteiger partial charge is 0.335 e. The normalized spacial score (nSPS) is 12.1. The van der Waals surface area contributed by atoms with Gasteiger partial charge in [-0.25, -0.2) is 15.0 Å². The molecule has 0 unspecified atom stereocenters. The van der Waals surface area contributed by atoms with Crippen molar-refractivity contribution in [1.29, 1.82) is 0 Å². The van der Waals surface area contributed by atoms with Crippen molar-refractivity contribution < 1.29 is 0 Å². The van der Waals surface area contributed by atoms with E-state index in [9.17, 15) is 0 Å². The third-order valence-electron chi connectivity index (χ3n) is 10.1. The molecular formula is C47H32N6. The van der Waals surface area contributed by atoms with Crippen molar-refractivity contribution in [3.05, 3.63) is 175 Å². The zero-order chi connectivity index (χ0) is 35.3. The number of anilines is 2. The van der Waals surface area contributed by atoms with Crippen LogP contribution in [0.2, 0.25) is 0 Å². The number of hydrogen-bond donors (Lipinski definition) is 0. The van der Waals surface area contributed by atoms with Crippen molar-refractivity contribution in [3.8, 4) is 51.0 Å². The average molecular weight is 681 g/mol. The van der Waals surface area contributed by atoms with Gasteiger partial charge in [0.05, 0.1) is 22.4 Å². The van der Waals surface area contributed by atoms with Crippen LogP contribution in [0.15, 0.2) is 175 Å². The zero-order valence-electron chi connectivity index (χ0n) is 28.8. The molecule has 250 valence electrons. The Labute approximate surface area is 307 Å². The van der Waals surface area contributed by atoms with Crippen LogP contribution in [0.1, 0.15) is 5.56 Å². The van der Waals surface area contributed by atoms with Crippen LogP contribution in [0.25, 0.3) is 72.8 Å². The SMILES string of the molecule is C=Nc1ccccc1N1Cc2cc3c4ccccc4n(-c4ccc(-c5nc(-c6ccccc6)nc(-c6ccccc6)n5)cc4)c3cc2-c2ccccc21. The topological polar surface area (TPSA) is 59.2 Å². The van der Waals surface area contributed by atoms with Crippen LogP contribution in [0, 0.1) is 0 Å². The fraction of sp³-hybridized carbons (Fsp3) is 0.0213. The predicted octanol–water partition coefficient (Wildman–Crippen LogP) is 11.6. The quantitative estimate of drug-likeness (QED) is 0.164. The molecule has 3 heterocycles. The molecule has 1 aliphatic rings. The van der Waals surface area contributed by atoms with E-state index in [0.717, 1.165) is 57.0 Å². The number of aromatic nitrogens is 4. The molecule has 0 bridgehead atoms. The van der Waals surface area contributed by atoms with Gasteiger partial charge in [-0.15, -0.1) is 0 Å². The number of aliphatic imine (C=N–C) groups is 1. The maximum absolute atomic E-state index is 4.96. The summed E-state index contributed by atoms with van der Waals surface area (Å²) in [5.74, 6) is 1.93. The van der Waals surface area contributed by atoms with Gasteiger partial charge in [0.15, 0.2) is 17.5 Å². The van der Waals surface area contributed by atoms with E-state index >= 15 is 0 Å². The van der Waals surface area contributed by atoms with E-state index in [0.29, 0.717) is 17.5 Å². The van der Waals surface area contributed by atoms with Crippen LogP contribution in [0.4, 0.5) is 17.1 Å². The number of fused-ring (bicyclic) bond motifs is 6. The molecule has 1 aliphatic heterocycles. The molecule has 0 fully saturated rings. The molecule has 9 aromatic rings. The van der Waals surface area contributed by atoms with Crippen LogP contribution < -0.4 is 4.90 Å². The van der Waals surface area contributed by atoms with E-state index in [2.05, 4.69) is 118 Å². The number of nitrogens with zero attached hydrogens (tertiary/aromatic N) is 6. The molecule has 2 aromatic heterocycles. The van der Waals surface area contributed by atoms with Gasteiger partial charge in [-0.1, -0.05) is 109 Å². The lowest BCUT2D eigenvalue weighted by Crippen LogP contribution is -2.21. The van der Waals surface area contributed by atoms with Crippen LogP contribution in [-0.2, 0) is 6.54 Å². The minimum absolute atomic E-state index is 0.634. The van der Waals surface area contributed by atoms with Crippen LogP contribution >= 0.6 is 0 Å². The summed E-state index contributed by atoms with van der Waals surface area (Å²) in [4.78, 5) is 21.5. The highest BCUT2D eigenvalue weighted by Gasteiger charge is 2.26. The van der Waals surface area contributed by atoms with Gasteiger partial charge in [-0.05, 0) is 78.5 Å². The number of hydrogen-bond acceptors (Lipinski definition) is 5. The molecule has 0 spiro atoms. The molecule has 0 aliphatic carbocycles. The fourth-order valence-corrected chi connectivity index (χ4v) is 7.65. The van der Waals surface area contributed by atoms with Crippen LogP contribution in [0.5, 0.6) is 0 Å². The highest BCUT2D eigenvalue weighted by molar-refractivity contribution is 6.11. The Bertz CT molecular complexity index is 2770. The van der Waals surface area contributed by atoms with Gasteiger partial charge < -0.3 is 9.47 Å². The highest BCUT2D eigenvalue weighted by atomic mass is 15.2. The monoisotopic (exact) mass is 680 g/mol. The van der Waals surface area contributed by atoms with E-state index in [1.165, 1.54) is 27.5 Å². The third-order valence-corrected chi connectivity index (χ3v) is 10.1. The average Bonchev–Trinajstić information content (AvgIpc) is 3.56. The van der Waals surface area contributed by atoms with Gasteiger partial charge in [0.25, 0.3) is 0 Å². The van der Waals surface area contributed by atoms with E-state index < -0.39 is 0 Å². The number of benzene rings is 7. The summed E-state index contributed by atoms with van der Waals surface area (Å²) in [6.45, 7) is 4.59. The van der Waals surface area contributed by atoms with Crippen molar-refractivity contribution >= 4 is 45.6 Å². The maximum atomic E-state index is 4.96. The van der Waals surface area contributed by atoms with Gasteiger partial charge >= 0.3 is 0 Å². The summed E-state index contributed by atoms with van der Waals surface area (Å²) in [5.41, 5.74) is 13.0. The second kappa shape index (κ2) is 12.5. The summed E-state index contributed by atoms with van der Waals surface area (Å²) in [7, 11) is 0. The lowest BCUT2D eigenvalue weighted by Gasteiger charge is -2.33. The molecule has 0 amide bonds. The first-order valence-corrected chi connectivity index (χ1v) is 17.7. The maximum Gasteiger partial charge on any atom is 0.164 e.